The molecule has 18 heavy (non-hydrogen) atoms. The van der Waals surface area contributed by atoms with Gasteiger partial charge in [0.15, 0.2) is 11.0 Å². The number of aromatic nitrogens is 4. The lowest BCUT2D eigenvalue weighted by Gasteiger charge is -2.06. The number of hydrogen-bond acceptors (Lipinski definition) is 3. The normalized spacial score (nSPS) is 16.3. The van der Waals surface area contributed by atoms with Gasteiger partial charge < -0.3 is 0 Å². The van der Waals surface area contributed by atoms with Crippen LogP contribution in [0.4, 0.5) is 0 Å². The second-order valence-electron chi connectivity index (χ2n) is 4.58. The van der Waals surface area contributed by atoms with Crippen molar-refractivity contribution < 1.29 is 0 Å². The van der Waals surface area contributed by atoms with Crippen molar-refractivity contribution in [2.24, 2.45) is 0 Å². The lowest BCUT2D eigenvalue weighted by atomic mass is 10.1. The molecule has 1 saturated carbocycles. The molecule has 3 rings (SSSR count). The molecule has 2 aromatic heterocycles. The highest BCUT2D eigenvalue weighted by molar-refractivity contribution is 7.71. The lowest BCUT2D eigenvalue weighted by Crippen LogP contribution is -2.02. The van der Waals surface area contributed by atoms with Crippen LogP contribution < -0.4 is 0 Å². The predicted molar refractivity (Wildman–Crippen MR) is 72.8 cm³/mol. The van der Waals surface area contributed by atoms with Gasteiger partial charge in [0.05, 0.1) is 0 Å². The fraction of sp³-hybridized carbons (Fsp3) is 0.417. The van der Waals surface area contributed by atoms with Crippen molar-refractivity contribution in [2.45, 2.75) is 31.6 Å². The van der Waals surface area contributed by atoms with E-state index in [0.29, 0.717) is 16.9 Å². The van der Waals surface area contributed by atoms with Crippen LogP contribution in [0.3, 0.4) is 0 Å². The topological polar surface area (TPSA) is 46.5 Å². The smallest absolute Gasteiger partial charge is 0.175 e. The van der Waals surface area contributed by atoms with Gasteiger partial charge in [-0.15, -0.1) is 10.2 Å². The third-order valence-electron chi connectivity index (χ3n) is 3.38. The van der Waals surface area contributed by atoms with Crippen LogP contribution >= 0.6 is 23.8 Å². The Bertz CT molecular complexity index is 595. The molecule has 0 atom stereocenters. The summed E-state index contributed by atoms with van der Waals surface area (Å²) in [5.74, 6) is 1.28. The largest absolute Gasteiger partial charge is 0.295 e. The zero-order valence-corrected chi connectivity index (χ0v) is 11.3. The van der Waals surface area contributed by atoms with Gasteiger partial charge in [0.2, 0.25) is 0 Å². The van der Waals surface area contributed by atoms with Crippen molar-refractivity contribution in [1.29, 1.82) is 0 Å². The van der Waals surface area contributed by atoms with Crippen molar-refractivity contribution in [1.82, 2.24) is 20.0 Å². The summed E-state index contributed by atoms with van der Waals surface area (Å²) in [5, 5.41) is 11.6. The van der Waals surface area contributed by atoms with Gasteiger partial charge in [-0.2, -0.15) is 0 Å². The molecule has 0 radical (unpaired) electrons. The van der Waals surface area contributed by atoms with Crippen LogP contribution in [-0.2, 0) is 0 Å². The highest BCUT2D eigenvalue weighted by atomic mass is 35.5. The third kappa shape index (κ3) is 2.20. The SMILES string of the molecule is S=c1cc(C2CCCC2)[nH]n1-c1ccc(Cl)nn1. The Morgan fingerprint density at radius 3 is 2.72 bits per heavy atom. The molecule has 0 aliphatic heterocycles. The third-order valence-corrected chi connectivity index (χ3v) is 3.88. The number of aromatic amines is 1. The average Bonchev–Trinajstić information content (AvgIpc) is 2.99. The Hall–Kier alpha value is -1.20. The molecular weight excluding hydrogens is 268 g/mol. The fourth-order valence-corrected chi connectivity index (χ4v) is 2.83. The van der Waals surface area contributed by atoms with Gasteiger partial charge in [0.1, 0.15) is 4.64 Å². The first-order valence-electron chi connectivity index (χ1n) is 6.05. The highest BCUT2D eigenvalue weighted by Crippen LogP contribution is 2.33. The predicted octanol–water partition coefficient (Wildman–Crippen LogP) is 3.64. The summed E-state index contributed by atoms with van der Waals surface area (Å²) in [4.78, 5) is 0. The van der Waals surface area contributed by atoms with Crippen molar-refractivity contribution in [3.8, 4) is 5.82 Å². The summed E-state index contributed by atoms with van der Waals surface area (Å²) in [6, 6.07) is 5.55. The second-order valence-corrected chi connectivity index (χ2v) is 5.39. The molecular formula is C12H13ClN4S. The van der Waals surface area contributed by atoms with Crippen LogP contribution in [0.15, 0.2) is 18.2 Å². The standard InChI is InChI=1S/C12H13ClN4S/c13-10-5-6-11(15-14-10)17-12(18)7-9(16-17)8-3-1-2-4-8/h5-8,16H,1-4H2. The zero-order valence-electron chi connectivity index (χ0n) is 9.77. The van der Waals surface area contributed by atoms with Crippen molar-refractivity contribution in [3.05, 3.63) is 33.7 Å². The van der Waals surface area contributed by atoms with E-state index >= 15 is 0 Å². The minimum atomic E-state index is 0.382. The maximum absolute atomic E-state index is 5.73. The molecule has 0 saturated heterocycles. The van der Waals surface area contributed by atoms with E-state index in [9.17, 15) is 0 Å². The molecule has 1 N–H and O–H groups in total. The molecule has 0 spiro atoms. The van der Waals surface area contributed by atoms with Gasteiger partial charge >= 0.3 is 0 Å². The van der Waals surface area contributed by atoms with Crippen LogP contribution in [-0.4, -0.2) is 20.0 Å². The Morgan fingerprint density at radius 2 is 2.06 bits per heavy atom. The number of halogens is 1. The second kappa shape index (κ2) is 4.82. The first kappa shape index (κ1) is 11.9. The molecule has 1 aliphatic carbocycles. The molecule has 6 heteroatoms. The maximum atomic E-state index is 5.73. The zero-order chi connectivity index (χ0) is 12.5. The van der Waals surface area contributed by atoms with E-state index in [-0.39, 0.29) is 0 Å². The molecule has 1 fully saturated rings. The van der Waals surface area contributed by atoms with Crippen LogP contribution in [0.1, 0.15) is 37.3 Å². The van der Waals surface area contributed by atoms with Gasteiger partial charge in [0.25, 0.3) is 0 Å². The number of nitrogens with one attached hydrogen (secondary N) is 1. The maximum Gasteiger partial charge on any atom is 0.175 e. The summed E-state index contributed by atoms with van der Waals surface area (Å²) < 4.78 is 2.51. The fourth-order valence-electron chi connectivity index (χ4n) is 2.46. The van der Waals surface area contributed by atoms with E-state index in [2.05, 4.69) is 15.3 Å². The van der Waals surface area contributed by atoms with E-state index in [1.165, 1.54) is 31.4 Å². The summed E-state index contributed by atoms with van der Waals surface area (Å²) in [6.45, 7) is 0. The molecule has 0 bridgehead atoms. The van der Waals surface area contributed by atoms with Gasteiger partial charge in [-0.25, -0.2) is 4.68 Å². The first-order valence-corrected chi connectivity index (χ1v) is 6.84. The van der Waals surface area contributed by atoms with E-state index < -0.39 is 0 Å². The molecule has 0 unspecified atom stereocenters. The van der Waals surface area contributed by atoms with E-state index in [1.54, 1.807) is 16.8 Å². The summed E-state index contributed by atoms with van der Waals surface area (Å²) in [6.07, 6.45) is 5.08. The monoisotopic (exact) mass is 280 g/mol. The summed E-state index contributed by atoms with van der Waals surface area (Å²) in [5.41, 5.74) is 1.20. The molecule has 0 amide bonds. The molecule has 1 aliphatic rings. The van der Waals surface area contributed by atoms with Gasteiger partial charge in [-0.1, -0.05) is 36.7 Å². The Balaban J connectivity index is 1.97. The molecule has 0 aromatic carbocycles. The van der Waals surface area contributed by atoms with Crippen LogP contribution in [0.25, 0.3) is 5.82 Å². The van der Waals surface area contributed by atoms with Crippen molar-refractivity contribution >= 4 is 23.8 Å². The van der Waals surface area contributed by atoms with Crippen molar-refractivity contribution in [3.63, 3.8) is 0 Å². The Morgan fingerprint density at radius 1 is 1.28 bits per heavy atom. The van der Waals surface area contributed by atoms with Crippen molar-refractivity contribution in [2.75, 3.05) is 0 Å². The minimum Gasteiger partial charge on any atom is -0.295 e. The summed E-state index contributed by atoms with van der Waals surface area (Å²) >= 11 is 11.1. The van der Waals surface area contributed by atoms with E-state index in [1.807, 2.05) is 6.07 Å². The molecule has 2 aromatic rings. The number of hydrogen-bond donors (Lipinski definition) is 1. The lowest BCUT2D eigenvalue weighted by molar-refractivity contribution is 0.672. The summed E-state index contributed by atoms with van der Waals surface area (Å²) in [7, 11) is 0. The minimum absolute atomic E-state index is 0.382. The first-order chi connectivity index (χ1) is 8.74. The number of rotatable bonds is 2. The van der Waals surface area contributed by atoms with Crippen LogP contribution in [0, 0.1) is 4.64 Å². The molecule has 94 valence electrons. The number of H-pyrrole nitrogens is 1. The quantitative estimate of drug-likeness (QED) is 0.855. The van der Waals surface area contributed by atoms with E-state index in [0.717, 1.165) is 4.64 Å². The Kier molecular flexibility index (Phi) is 3.18. The Labute approximate surface area is 115 Å². The van der Waals surface area contributed by atoms with E-state index in [4.69, 9.17) is 23.8 Å². The number of nitrogens with zero attached hydrogens (tertiary/aromatic N) is 3. The van der Waals surface area contributed by atoms with Gasteiger partial charge in [-0.3, -0.25) is 5.10 Å². The van der Waals surface area contributed by atoms with Gasteiger partial charge in [-0.05, 0) is 31.0 Å². The van der Waals surface area contributed by atoms with Gasteiger partial charge in [0, 0.05) is 11.6 Å². The highest BCUT2D eigenvalue weighted by Gasteiger charge is 2.19. The molecule has 2 heterocycles. The average molecular weight is 281 g/mol. The van der Waals surface area contributed by atoms with Crippen LogP contribution in [0.2, 0.25) is 5.15 Å². The molecule has 4 nitrogen and oxygen atoms in total. The van der Waals surface area contributed by atoms with Crippen LogP contribution in [0.5, 0.6) is 0 Å².